The van der Waals surface area contributed by atoms with Gasteiger partial charge in [0.15, 0.2) is 5.78 Å². The van der Waals surface area contributed by atoms with E-state index in [0.29, 0.717) is 22.0 Å². The summed E-state index contributed by atoms with van der Waals surface area (Å²) in [5.74, 6) is -2.79. The predicted octanol–water partition coefficient (Wildman–Crippen LogP) is 4.54. The highest BCUT2D eigenvalue weighted by atomic mass is 35.5. The van der Waals surface area contributed by atoms with Gasteiger partial charge in [-0.15, -0.1) is 0 Å². The fourth-order valence-corrected chi connectivity index (χ4v) is 5.81. The zero-order chi connectivity index (χ0) is 25.8. The molecule has 0 N–H and O–H groups in total. The van der Waals surface area contributed by atoms with Gasteiger partial charge in [-0.3, -0.25) is 19.2 Å². The summed E-state index contributed by atoms with van der Waals surface area (Å²) in [5, 5.41) is 0.500. The van der Waals surface area contributed by atoms with Gasteiger partial charge in [-0.1, -0.05) is 42.0 Å². The molecule has 2 amide bonds. The van der Waals surface area contributed by atoms with Gasteiger partial charge >= 0.3 is 5.97 Å². The number of para-hydroxylation sites is 1. The maximum atomic E-state index is 14.0. The molecule has 3 aliphatic heterocycles. The summed E-state index contributed by atoms with van der Waals surface area (Å²) in [6.45, 7) is 1.29. The third kappa shape index (κ3) is 3.65. The van der Waals surface area contributed by atoms with Crippen molar-refractivity contribution in [3.63, 3.8) is 0 Å². The number of amides is 2. The Balaban J connectivity index is 1.43. The highest BCUT2D eigenvalue weighted by Gasteiger charge is 2.64. The lowest BCUT2D eigenvalue weighted by Gasteiger charge is -2.36. The minimum atomic E-state index is -0.871. The smallest absolute Gasteiger partial charge is 0.308 e. The van der Waals surface area contributed by atoms with Gasteiger partial charge < -0.3 is 9.64 Å². The third-order valence-corrected chi connectivity index (χ3v) is 7.42. The van der Waals surface area contributed by atoms with E-state index in [1.54, 1.807) is 36.4 Å². The predicted molar refractivity (Wildman–Crippen MR) is 139 cm³/mol. The van der Waals surface area contributed by atoms with Crippen LogP contribution in [-0.2, 0) is 14.4 Å². The number of imide groups is 1. The van der Waals surface area contributed by atoms with Gasteiger partial charge in [0.25, 0.3) is 0 Å². The molecule has 3 aromatic carbocycles. The van der Waals surface area contributed by atoms with Crippen LogP contribution in [0.3, 0.4) is 0 Å². The molecule has 184 valence electrons. The number of ketones is 1. The van der Waals surface area contributed by atoms with E-state index >= 15 is 0 Å². The second kappa shape index (κ2) is 8.71. The summed E-state index contributed by atoms with van der Waals surface area (Å²) in [5.41, 5.74) is 2.52. The lowest BCUT2D eigenvalue weighted by molar-refractivity contribution is -0.132. The highest BCUT2D eigenvalue weighted by molar-refractivity contribution is 6.30. The summed E-state index contributed by atoms with van der Waals surface area (Å²) >= 11 is 6.05. The number of rotatable bonds is 4. The minimum Gasteiger partial charge on any atom is -0.427 e. The van der Waals surface area contributed by atoms with Crippen LogP contribution in [0.2, 0.25) is 5.02 Å². The number of Topliss-reactive ketones (excluding diaryl/α,β-unsaturated/α-hetero) is 1. The van der Waals surface area contributed by atoms with Crippen LogP contribution in [0.25, 0.3) is 6.08 Å². The van der Waals surface area contributed by atoms with E-state index in [1.165, 1.54) is 19.1 Å². The number of benzene rings is 3. The van der Waals surface area contributed by atoms with Crippen molar-refractivity contribution >= 4 is 52.6 Å². The van der Waals surface area contributed by atoms with Gasteiger partial charge in [-0.2, -0.15) is 0 Å². The van der Waals surface area contributed by atoms with Crippen LogP contribution in [0.1, 0.15) is 22.8 Å². The fourth-order valence-electron chi connectivity index (χ4n) is 5.68. The number of halogens is 1. The number of anilines is 2. The lowest BCUT2D eigenvalue weighted by atomic mass is 9.86. The first kappa shape index (κ1) is 23.2. The van der Waals surface area contributed by atoms with Crippen molar-refractivity contribution in [2.45, 2.75) is 19.0 Å². The number of ether oxygens (including phenoxy) is 1. The van der Waals surface area contributed by atoms with E-state index in [1.807, 2.05) is 41.3 Å². The van der Waals surface area contributed by atoms with Crippen LogP contribution in [0.5, 0.6) is 5.75 Å². The van der Waals surface area contributed by atoms with E-state index < -0.39 is 35.8 Å². The molecule has 2 saturated heterocycles. The van der Waals surface area contributed by atoms with Gasteiger partial charge in [0, 0.05) is 23.2 Å². The number of esters is 1. The monoisotopic (exact) mass is 512 g/mol. The maximum absolute atomic E-state index is 14.0. The van der Waals surface area contributed by atoms with E-state index in [0.717, 1.165) is 16.2 Å². The van der Waals surface area contributed by atoms with Crippen LogP contribution < -0.4 is 14.5 Å². The van der Waals surface area contributed by atoms with Gasteiger partial charge in [0.2, 0.25) is 11.8 Å². The molecule has 3 aliphatic rings. The van der Waals surface area contributed by atoms with Crippen LogP contribution in [0, 0.1) is 11.8 Å². The van der Waals surface area contributed by atoms with Crippen molar-refractivity contribution < 1.29 is 23.9 Å². The molecule has 6 rings (SSSR count). The van der Waals surface area contributed by atoms with Crippen molar-refractivity contribution in [1.29, 1.82) is 0 Å². The Labute approximate surface area is 217 Å². The highest BCUT2D eigenvalue weighted by Crippen LogP contribution is 2.49. The molecule has 4 atom stereocenters. The topological polar surface area (TPSA) is 84.0 Å². The fraction of sp³-hybridized carbons (Fsp3) is 0.172. The molecular formula is C29H21ClN2O5. The van der Waals surface area contributed by atoms with Gasteiger partial charge in [-0.05, 0) is 60.2 Å². The number of nitrogens with zero attached hydrogens (tertiary/aromatic N) is 2. The molecule has 0 spiro atoms. The summed E-state index contributed by atoms with van der Waals surface area (Å²) in [4.78, 5) is 56.0. The molecule has 0 aromatic heterocycles. The number of fused-ring (bicyclic) bond motifs is 5. The Morgan fingerprint density at radius 3 is 2.24 bits per heavy atom. The summed E-state index contributed by atoms with van der Waals surface area (Å²) in [6.07, 6.45) is 3.85. The molecule has 8 heteroatoms. The Hall–Kier alpha value is -4.23. The Bertz CT molecular complexity index is 1480. The van der Waals surface area contributed by atoms with Crippen LogP contribution in [-0.4, -0.2) is 35.7 Å². The van der Waals surface area contributed by atoms with E-state index in [4.69, 9.17) is 16.3 Å². The third-order valence-electron chi connectivity index (χ3n) is 7.17. The summed E-state index contributed by atoms with van der Waals surface area (Å²) in [7, 11) is 0. The molecule has 0 bridgehead atoms. The quantitative estimate of drug-likeness (QED) is 0.221. The molecule has 7 nitrogen and oxygen atoms in total. The van der Waals surface area contributed by atoms with E-state index in [9.17, 15) is 19.2 Å². The lowest BCUT2D eigenvalue weighted by Crippen LogP contribution is -2.48. The zero-order valence-electron chi connectivity index (χ0n) is 19.7. The summed E-state index contributed by atoms with van der Waals surface area (Å²) in [6, 6.07) is 19.1. The molecular weight excluding hydrogens is 492 g/mol. The Morgan fingerprint density at radius 2 is 1.54 bits per heavy atom. The average molecular weight is 513 g/mol. The van der Waals surface area contributed by atoms with Crippen molar-refractivity contribution in [2.75, 3.05) is 9.80 Å². The van der Waals surface area contributed by atoms with Crippen molar-refractivity contribution in [3.05, 3.63) is 95.0 Å². The number of carbonyl (C=O) groups excluding carboxylic acids is 4. The SMILES string of the molecule is CC(=O)Oc1ccc(N2C(=O)[C@@H]3[C@@H](C2=O)[C@@H]2C=Cc4ccccc4N2[C@@H]3C(=O)c2ccc(Cl)cc2)cc1. The molecule has 3 aromatic rings. The van der Waals surface area contributed by atoms with Gasteiger partial charge in [0.1, 0.15) is 11.8 Å². The van der Waals surface area contributed by atoms with Crippen LogP contribution >= 0.6 is 11.6 Å². The number of hydrogen-bond acceptors (Lipinski definition) is 6. The molecule has 2 fully saturated rings. The minimum absolute atomic E-state index is 0.243. The van der Waals surface area contributed by atoms with Crippen LogP contribution in [0.15, 0.2) is 78.9 Å². The van der Waals surface area contributed by atoms with Gasteiger partial charge in [-0.25, -0.2) is 4.90 Å². The van der Waals surface area contributed by atoms with Crippen LogP contribution in [0.4, 0.5) is 11.4 Å². The molecule has 0 saturated carbocycles. The summed E-state index contributed by atoms with van der Waals surface area (Å²) < 4.78 is 5.07. The molecule has 0 unspecified atom stereocenters. The second-order valence-corrected chi connectivity index (χ2v) is 9.72. The molecule has 3 heterocycles. The van der Waals surface area contributed by atoms with E-state index in [-0.39, 0.29) is 11.7 Å². The average Bonchev–Trinajstić information content (AvgIpc) is 3.37. The van der Waals surface area contributed by atoms with Crippen molar-refractivity contribution in [3.8, 4) is 5.75 Å². The zero-order valence-corrected chi connectivity index (χ0v) is 20.5. The number of hydrogen-bond donors (Lipinski definition) is 0. The normalized spacial score (nSPS) is 23.5. The van der Waals surface area contributed by atoms with Crippen molar-refractivity contribution in [1.82, 2.24) is 0 Å². The first-order valence-corrected chi connectivity index (χ1v) is 12.2. The number of carbonyl (C=O) groups is 4. The van der Waals surface area contributed by atoms with Gasteiger partial charge in [0.05, 0.1) is 23.6 Å². The largest absolute Gasteiger partial charge is 0.427 e. The first-order valence-electron chi connectivity index (χ1n) is 11.9. The van der Waals surface area contributed by atoms with Crippen molar-refractivity contribution in [2.24, 2.45) is 11.8 Å². The second-order valence-electron chi connectivity index (χ2n) is 9.28. The molecule has 0 radical (unpaired) electrons. The molecule has 0 aliphatic carbocycles. The Morgan fingerprint density at radius 1 is 0.865 bits per heavy atom. The molecule has 37 heavy (non-hydrogen) atoms. The Kier molecular flexibility index (Phi) is 5.46. The maximum Gasteiger partial charge on any atom is 0.308 e. The first-order chi connectivity index (χ1) is 17.8. The van der Waals surface area contributed by atoms with E-state index in [2.05, 4.69) is 0 Å². The standard InChI is InChI=1S/C29H21ClN2O5/c1-16(33)37-21-13-11-20(12-14-21)31-28(35)24-23-15-8-17-4-2-3-5-22(17)32(23)26(25(24)29(31)36)27(34)18-6-9-19(30)10-7-18/h2-15,23-26H,1H3/t23-,24-,25+,26-/m0/s1.